The molecule has 1 fully saturated rings. The van der Waals surface area contributed by atoms with Crippen LogP contribution in [0.1, 0.15) is 35.7 Å². The van der Waals surface area contributed by atoms with Gasteiger partial charge in [-0.3, -0.25) is 14.9 Å². The molecule has 3 heterocycles. The van der Waals surface area contributed by atoms with Gasteiger partial charge in [0.1, 0.15) is 11.6 Å². The molecule has 1 atom stereocenters. The van der Waals surface area contributed by atoms with Crippen LogP contribution in [0, 0.1) is 10.1 Å². The van der Waals surface area contributed by atoms with Crippen molar-refractivity contribution in [3.63, 3.8) is 0 Å². The maximum Gasteiger partial charge on any atom is 0.404 e. The second kappa shape index (κ2) is 11.3. The number of fused-ring (bicyclic) bond motifs is 1. The summed E-state index contributed by atoms with van der Waals surface area (Å²) < 4.78 is 1.72. The fourth-order valence-electron chi connectivity index (χ4n) is 4.73. The Morgan fingerprint density at radius 2 is 1.93 bits per heavy atom. The van der Waals surface area contributed by atoms with Gasteiger partial charge in [-0.2, -0.15) is 9.61 Å². The van der Waals surface area contributed by atoms with Gasteiger partial charge in [-0.25, -0.2) is 9.78 Å². The summed E-state index contributed by atoms with van der Waals surface area (Å²) in [7, 11) is 0. The van der Waals surface area contributed by atoms with Crippen molar-refractivity contribution in [2.45, 2.75) is 32.2 Å². The van der Waals surface area contributed by atoms with Crippen molar-refractivity contribution < 1.29 is 19.6 Å². The van der Waals surface area contributed by atoms with E-state index in [-0.39, 0.29) is 11.7 Å². The monoisotopic (exact) mass is 544 g/mol. The number of rotatable bonds is 8. The van der Waals surface area contributed by atoms with Gasteiger partial charge in [0.15, 0.2) is 5.65 Å². The maximum atomic E-state index is 12.7. The highest BCUT2D eigenvalue weighted by molar-refractivity contribution is 6.04. The number of carboxylic acid groups (broad SMARTS) is 1. The molecule has 1 saturated heterocycles. The summed E-state index contributed by atoms with van der Waals surface area (Å²) in [4.78, 5) is 41.2. The number of aromatic nitrogens is 3. The second-order valence-electron chi connectivity index (χ2n) is 9.46. The number of carbonyl (C=O) groups is 2. The Bertz CT molecular complexity index is 1570. The molecule has 0 aliphatic carbocycles. The summed E-state index contributed by atoms with van der Waals surface area (Å²) >= 11 is 0. The quantitative estimate of drug-likeness (QED) is 0.185. The highest BCUT2D eigenvalue weighted by atomic mass is 16.6. The number of nitro benzene ring substituents is 1. The first-order valence-corrected chi connectivity index (χ1v) is 12.9. The number of non-ortho nitro benzene ring substituents is 1. The number of piperidine rings is 1. The molecular formula is C27H28N8O5. The highest BCUT2D eigenvalue weighted by Gasteiger charge is 2.24. The molecule has 2 amide bonds. The minimum atomic E-state index is -1.04. The van der Waals surface area contributed by atoms with E-state index in [2.05, 4.69) is 25.9 Å². The minimum absolute atomic E-state index is 0.0890. The molecule has 0 saturated carbocycles. The zero-order valence-electron chi connectivity index (χ0n) is 21.7. The summed E-state index contributed by atoms with van der Waals surface area (Å²) in [5, 5.41) is 33.4. The van der Waals surface area contributed by atoms with Crippen LogP contribution in [0.15, 0.2) is 60.8 Å². The lowest BCUT2D eigenvalue weighted by Gasteiger charge is -2.33. The molecule has 13 nitrogen and oxygen atoms in total. The predicted molar refractivity (Wildman–Crippen MR) is 150 cm³/mol. The van der Waals surface area contributed by atoms with E-state index in [0.717, 1.165) is 31.4 Å². The minimum Gasteiger partial charge on any atom is -0.465 e. The van der Waals surface area contributed by atoms with Crippen LogP contribution in [0.2, 0.25) is 0 Å². The number of nitro groups is 1. The Balaban J connectivity index is 1.39. The van der Waals surface area contributed by atoms with E-state index in [1.165, 1.54) is 24.3 Å². The third-order valence-corrected chi connectivity index (χ3v) is 6.72. The zero-order chi connectivity index (χ0) is 28.2. The molecular weight excluding hydrogens is 516 g/mol. The molecule has 206 valence electrons. The molecule has 2 aromatic heterocycles. The largest absolute Gasteiger partial charge is 0.465 e. The van der Waals surface area contributed by atoms with E-state index < -0.39 is 16.9 Å². The molecule has 1 aliphatic rings. The van der Waals surface area contributed by atoms with Crippen LogP contribution < -0.4 is 20.9 Å². The van der Waals surface area contributed by atoms with Gasteiger partial charge in [0.25, 0.3) is 11.6 Å². The number of benzene rings is 2. The van der Waals surface area contributed by atoms with Gasteiger partial charge in [0.05, 0.1) is 11.1 Å². The lowest BCUT2D eigenvalue weighted by molar-refractivity contribution is -0.384. The Morgan fingerprint density at radius 1 is 1.15 bits per heavy atom. The molecule has 5 rings (SSSR count). The zero-order valence-corrected chi connectivity index (χ0v) is 21.7. The van der Waals surface area contributed by atoms with Crippen LogP contribution in [0.3, 0.4) is 0 Å². The molecule has 1 unspecified atom stereocenters. The van der Waals surface area contributed by atoms with Crippen molar-refractivity contribution in [2.24, 2.45) is 0 Å². The molecule has 4 N–H and O–H groups in total. The fourth-order valence-corrected chi connectivity index (χ4v) is 4.73. The number of nitrogens with zero attached hydrogens (tertiary/aromatic N) is 5. The number of nitrogens with one attached hydrogen (secondary N) is 3. The molecule has 2 aromatic carbocycles. The van der Waals surface area contributed by atoms with Crippen LogP contribution in [0.25, 0.3) is 5.65 Å². The van der Waals surface area contributed by atoms with Crippen molar-refractivity contribution in [1.29, 1.82) is 0 Å². The van der Waals surface area contributed by atoms with Gasteiger partial charge in [0.2, 0.25) is 0 Å². The van der Waals surface area contributed by atoms with E-state index >= 15 is 0 Å². The Kier molecular flexibility index (Phi) is 7.44. The Morgan fingerprint density at radius 3 is 2.65 bits per heavy atom. The van der Waals surface area contributed by atoms with Crippen molar-refractivity contribution in [3.05, 3.63) is 82.0 Å². The number of amides is 2. The molecule has 4 aromatic rings. The van der Waals surface area contributed by atoms with Crippen LogP contribution >= 0.6 is 0 Å². The third-order valence-electron chi connectivity index (χ3n) is 6.72. The molecule has 13 heteroatoms. The molecule has 1 aliphatic heterocycles. The van der Waals surface area contributed by atoms with Crippen molar-refractivity contribution in [1.82, 2.24) is 19.9 Å². The van der Waals surface area contributed by atoms with Gasteiger partial charge >= 0.3 is 6.09 Å². The summed E-state index contributed by atoms with van der Waals surface area (Å²) in [6, 6.07) is 14.2. The standard InChI is InChI=1S/C27H28N8O5/c1-2-17-15-28-34-24(14-23(32-25(17)34)33-12-4-7-21(16-33)31-27(37)38)29-19-5-3-6-20(13-19)30-26(36)18-8-10-22(11-9-18)35(39)40/h3,5-6,8-11,13-15,21,29,31H,2,4,7,12,16H2,1H3,(H,30,36)(H,37,38). The van der Waals surface area contributed by atoms with Gasteiger partial charge < -0.3 is 26.0 Å². The topological polar surface area (TPSA) is 167 Å². The van der Waals surface area contributed by atoms with Crippen LogP contribution in [-0.2, 0) is 6.42 Å². The van der Waals surface area contributed by atoms with Crippen LogP contribution in [-0.4, -0.2) is 55.8 Å². The van der Waals surface area contributed by atoms with Crippen molar-refractivity contribution >= 4 is 46.3 Å². The first-order chi connectivity index (χ1) is 19.3. The van der Waals surface area contributed by atoms with E-state index in [0.29, 0.717) is 40.8 Å². The molecule has 0 spiro atoms. The molecule has 0 bridgehead atoms. The predicted octanol–water partition coefficient (Wildman–Crippen LogP) is 4.43. The van der Waals surface area contributed by atoms with Crippen LogP contribution in [0.5, 0.6) is 0 Å². The lowest BCUT2D eigenvalue weighted by Crippen LogP contribution is -2.47. The van der Waals surface area contributed by atoms with Crippen molar-refractivity contribution in [2.75, 3.05) is 28.6 Å². The highest BCUT2D eigenvalue weighted by Crippen LogP contribution is 2.28. The number of anilines is 4. The lowest BCUT2D eigenvalue weighted by atomic mass is 10.1. The fraction of sp³-hybridized carbons (Fsp3) is 0.259. The van der Waals surface area contributed by atoms with E-state index in [4.69, 9.17) is 10.1 Å². The smallest absolute Gasteiger partial charge is 0.404 e. The van der Waals surface area contributed by atoms with Gasteiger partial charge in [-0.15, -0.1) is 0 Å². The number of hydrogen-bond donors (Lipinski definition) is 4. The number of carbonyl (C=O) groups excluding carboxylic acids is 1. The summed E-state index contributed by atoms with van der Waals surface area (Å²) in [6.07, 6.45) is 3.08. The van der Waals surface area contributed by atoms with E-state index in [9.17, 15) is 19.7 Å². The normalized spacial score (nSPS) is 15.0. The van der Waals surface area contributed by atoms with Crippen LogP contribution in [0.4, 0.5) is 33.5 Å². The number of aryl methyl sites for hydroxylation is 1. The van der Waals surface area contributed by atoms with Gasteiger partial charge in [-0.1, -0.05) is 13.0 Å². The second-order valence-corrected chi connectivity index (χ2v) is 9.46. The maximum absolute atomic E-state index is 12.7. The average molecular weight is 545 g/mol. The molecule has 0 radical (unpaired) electrons. The summed E-state index contributed by atoms with van der Waals surface area (Å²) in [5.41, 5.74) is 3.12. The van der Waals surface area contributed by atoms with E-state index in [1.807, 2.05) is 19.1 Å². The van der Waals surface area contributed by atoms with Gasteiger partial charge in [-0.05, 0) is 49.6 Å². The van der Waals surface area contributed by atoms with E-state index in [1.54, 1.807) is 28.9 Å². The Labute approximate surface area is 229 Å². The van der Waals surface area contributed by atoms with Crippen molar-refractivity contribution in [3.8, 4) is 0 Å². The third kappa shape index (κ3) is 5.77. The SMILES string of the molecule is CCc1cnn2c(Nc3cccc(NC(=O)c4ccc([N+](=O)[O-])cc4)c3)cc(N3CCCC(NC(=O)O)C3)nc12. The summed E-state index contributed by atoms with van der Waals surface area (Å²) in [6.45, 7) is 3.29. The first kappa shape index (κ1) is 26.4. The first-order valence-electron chi connectivity index (χ1n) is 12.9. The summed E-state index contributed by atoms with van der Waals surface area (Å²) in [5.74, 6) is 0.978. The van der Waals surface area contributed by atoms with Gasteiger partial charge in [0, 0.05) is 59.8 Å². The molecule has 40 heavy (non-hydrogen) atoms. The average Bonchev–Trinajstić information content (AvgIpc) is 3.36. The number of hydrogen-bond acceptors (Lipinski definition) is 8. The Hall–Kier alpha value is -5.20.